The first kappa shape index (κ1) is 17.8. The summed E-state index contributed by atoms with van der Waals surface area (Å²) in [7, 11) is -2.91. The zero-order valence-electron chi connectivity index (χ0n) is 12.1. The van der Waals surface area contributed by atoms with Crippen LogP contribution in [0.3, 0.4) is 0 Å². The second kappa shape index (κ2) is 8.27. The number of hydrogen-bond acceptors (Lipinski definition) is 4. The smallest absolute Gasteiger partial charge is 0.148 e. The van der Waals surface area contributed by atoms with Gasteiger partial charge in [-0.2, -0.15) is 0 Å². The van der Waals surface area contributed by atoms with Crippen molar-refractivity contribution in [2.24, 2.45) is 5.92 Å². The Morgan fingerprint density at radius 1 is 1.35 bits per heavy atom. The van der Waals surface area contributed by atoms with Gasteiger partial charge in [0, 0.05) is 23.4 Å². The molecule has 0 aromatic heterocycles. The summed E-state index contributed by atoms with van der Waals surface area (Å²) >= 11 is 7.70. The number of halogens is 1. The third-order valence-corrected chi connectivity index (χ3v) is 5.29. The Bertz CT molecular complexity index is 530. The maximum Gasteiger partial charge on any atom is 0.148 e. The Kier molecular flexibility index (Phi) is 7.37. The third kappa shape index (κ3) is 7.53. The summed E-state index contributed by atoms with van der Waals surface area (Å²) in [5.74, 6) is 1.33. The molecule has 1 aromatic rings. The van der Waals surface area contributed by atoms with Gasteiger partial charge in [-0.1, -0.05) is 31.5 Å². The largest absolute Gasteiger partial charge is 0.312 e. The molecular weight excluding hydrogens is 314 g/mol. The van der Waals surface area contributed by atoms with E-state index in [9.17, 15) is 8.42 Å². The molecule has 0 spiro atoms. The van der Waals surface area contributed by atoms with Crippen molar-refractivity contribution >= 4 is 33.2 Å². The molecule has 1 rings (SSSR count). The Hall–Kier alpha value is -0.230. The van der Waals surface area contributed by atoms with Gasteiger partial charge in [0.1, 0.15) is 9.84 Å². The molecule has 0 saturated heterocycles. The van der Waals surface area contributed by atoms with Crippen molar-refractivity contribution < 1.29 is 8.42 Å². The molecule has 20 heavy (non-hydrogen) atoms. The van der Waals surface area contributed by atoms with Crippen LogP contribution in [-0.2, 0) is 16.4 Å². The molecule has 0 aliphatic rings. The minimum Gasteiger partial charge on any atom is -0.312 e. The van der Waals surface area contributed by atoms with Crippen molar-refractivity contribution in [2.45, 2.75) is 25.3 Å². The van der Waals surface area contributed by atoms with Crippen molar-refractivity contribution in [1.82, 2.24) is 5.32 Å². The standard InChI is InChI=1S/C14H22ClNO2S2/c1-11(2)9-16-10-12-4-5-14(13(15)8-12)19-6-7-20(3,17)18/h4-5,8,11,16H,6-7,9-10H2,1-3H3. The summed E-state index contributed by atoms with van der Waals surface area (Å²) in [6, 6.07) is 5.93. The van der Waals surface area contributed by atoms with E-state index < -0.39 is 9.84 Å². The predicted octanol–water partition coefficient (Wildman–Crippen LogP) is 3.22. The van der Waals surface area contributed by atoms with Crippen LogP contribution in [0.5, 0.6) is 0 Å². The van der Waals surface area contributed by atoms with Crippen LogP contribution in [0, 0.1) is 5.92 Å². The normalized spacial score (nSPS) is 12.1. The highest BCUT2D eigenvalue weighted by Gasteiger charge is 2.06. The van der Waals surface area contributed by atoms with E-state index in [1.54, 1.807) is 0 Å². The van der Waals surface area contributed by atoms with Crippen LogP contribution < -0.4 is 5.32 Å². The highest BCUT2D eigenvalue weighted by atomic mass is 35.5. The minimum absolute atomic E-state index is 0.172. The van der Waals surface area contributed by atoms with Crippen LogP contribution in [0.1, 0.15) is 19.4 Å². The summed E-state index contributed by atoms with van der Waals surface area (Å²) in [6.45, 7) is 6.11. The number of benzene rings is 1. The summed E-state index contributed by atoms with van der Waals surface area (Å²) in [5, 5.41) is 4.05. The molecule has 0 amide bonds. The first-order valence-electron chi connectivity index (χ1n) is 6.57. The molecule has 0 aliphatic heterocycles. The Morgan fingerprint density at radius 2 is 2.05 bits per heavy atom. The summed E-state index contributed by atoms with van der Waals surface area (Å²) < 4.78 is 22.2. The van der Waals surface area contributed by atoms with Gasteiger partial charge in [0.25, 0.3) is 0 Å². The molecule has 6 heteroatoms. The molecule has 1 N–H and O–H groups in total. The van der Waals surface area contributed by atoms with Gasteiger partial charge >= 0.3 is 0 Å². The molecule has 0 heterocycles. The number of hydrogen-bond donors (Lipinski definition) is 1. The van der Waals surface area contributed by atoms with E-state index in [0.29, 0.717) is 16.7 Å². The summed E-state index contributed by atoms with van der Waals surface area (Å²) in [6.07, 6.45) is 1.25. The van der Waals surface area contributed by atoms with Crippen LogP contribution in [0.4, 0.5) is 0 Å². The highest BCUT2D eigenvalue weighted by molar-refractivity contribution is 8.00. The van der Waals surface area contributed by atoms with E-state index in [4.69, 9.17) is 11.6 Å². The lowest BCUT2D eigenvalue weighted by molar-refractivity contribution is 0.552. The fourth-order valence-corrected chi connectivity index (χ4v) is 4.07. The summed E-state index contributed by atoms with van der Waals surface area (Å²) in [5.41, 5.74) is 1.14. The van der Waals surface area contributed by atoms with E-state index in [1.807, 2.05) is 18.2 Å². The van der Waals surface area contributed by atoms with E-state index in [2.05, 4.69) is 19.2 Å². The molecule has 0 fully saturated rings. The predicted molar refractivity (Wildman–Crippen MR) is 88.4 cm³/mol. The van der Waals surface area contributed by atoms with Gasteiger partial charge in [0.05, 0.1) is 10.8 Å². The third-order valence-electron chi connectivity index (χ3n) is 2.59. The number of sulfone groups is 1. The van der Waals surface area contributed by atoms with Gasteiger partial charge in [-0.15, -0.1) is 11.8 Å². The van der Waals surface area contributed by atoms with Gasteiger partial charge in [0.2, 0.25) is 0 Å². The second-order valence-corrected chi connectivity index (χ2v) is 9.07. The quantitative estimate of drug-likeness (QED) is 0.741. The van der Waals surface area contributed by atoms with Crippen molar-refractivity contribution in [1.29, 1.82) is 0 Å². The zero-order valence-corrected chi connectivity index (χ0v) is 14.5. The molecule has 0 bridgehead atoms. The molecule has 0 saturated carbocycles. The minimum atomic E-state index is -2.91. The van der Waals surface area contributed by atoms with E-state index in [0.717, 1.165) is 23.5 Å². The maximum absolute atomic E-state index is 11.1. The van der Waals surface area contributed by atoms with Crippen LogP contribution in [-0.4, -0.2) is 32.7 Å². The molecule has 0 radical (unpaired) electrons. The molecule has 0 atom stereocenters. The fourth-order valence-electron chi connectivity index (χ4n) is 1.58. The summed E-state index contributed by atoms with van der Waals surface area (Å²) in [4.78, 5) is 0.933. The van der Waals surface area contributed by atoms with Crippen LogP contribution in [0.25, 0.3) is 0 Å². The molecule has 0 unspecified atom stereocenters. The van der Waals surface area contributed by atoms with E-state index in [-0.39, 0.29) is 5.75 Å². The lowest BCUT2D eigenvalue weighted by Gasteiger charge is -2.09. The first-order chi connectivity index (χ1) is 9.28. The van der Waals surface area contributed by atoms with E-state index in [1.165, 1.54) is 18.0 Å². The second-order valence-electron chi connectivity index (χ2n) is 5.27. The Morgan fingerprint density at radius 3 is 2.60 bits per heavy atom. The average molecular weight is 336 g/mol. The first-order valence-corrected chi connectivity index (χ1v) is 10.00. The van der Waals surface area contributed by atoms with Crippen LogP contribution >= 0.6 is 23.4 Å². The molecular formula is C14H22ClNO2S2. The molecule has 114 valence electrons. The van der Waals surface area contributed by atoms with E-state index >= 15 is 0 Å². The Balaban J connectivity index is 2.51. The molecule has 1 aromatic carbocycles. The number of rotatable bonds is 8. The van der Waals surface area contributed by atoms with Gasteiger partial charge in [-0.3, -0.25) is 0 Å². The highest BCUT2D eigenvalue weighted by Crippen LogP contribution is 2.28. The van der Waals surface area contributed by atoms with Crippen LogP contribution in [0.15, 0.2) is 23.1 Å². The van der Waals surface area contributed by atoms with Gasteiger partial charge < -0.3 is 5.32 Å². The lowest BCUT2D eigenvalue weighted by Crippen LogP contribution is -2.18. The van der Waals surface area contributed by atoms with Crippen molar-refractivity contribution in [3.63, 3.8) is 0 Å². The van der Waals surface area contributed by atoms with Crippen molar-refractivity contribution in [3.8, 4) is 0 Å². The monoisotopic (exact) mass is 335 g/mol. The topological polar surface area (TPSA) is 46.2 Å². The average Bonchev–Trinajstić information content (AvgIpc) is 2.30. The van der Waals surface area contributed by atoms with Gasteiger partial charge in [0.15, 0.2) is 0 Å². The van der Waals surface area contributed by atoms with Crippen molar-refractivity contribution in [3.05, 3.63) is 28.8 Å². The number of nitrogens with one attached hydrogen (secondary N) is 1. The fraction of sp³-hybridized carbons (Fsp3) is 0.571. The van der Waals surface area contributed by atoms with Crippen LogP contribution in [0.2, 0.25) is 5.02 Å². The number of thioether (sulfide) groups is 1. The molecule has 3 nitrogen and oxygen atoms in total. The van der Waals surface area contributed by atoms with Gasteiger partial charge in [-0.25, -0.2) is 8.42 Å². The maximum atomic E-state index is 11.1. The van der Waals surface area contributed by atoms with Crippen molar-refractivity contribution in [2.75, 3.05) is 24.3 Å². The zero-order chi connectivity index (χ0) is 15.2. The Labute approximate surface area is 131 Å². The SMILES string of the molecule is CC(C)CNCc1ccc(SCCS(C)(=O)=O)c(Cl)c1. The molecule has 0 aliphatic carbocycles. The van der Waals surface area contributed by atoms with Gasteiger partial charge in [-0.05, 0) is 30.2 Å². The lowest BCUT2D eigenvalue weighted by atomic mass is 10.2.